The van der Waals surface area contributed by atoms with E-state index >= 15 is 0 Å². The Kier molecular flexibility index (Phi) is 6.00. The fourth-order valence-electron chi connectivity index (χ4n) is 4.88. The zero-order chi connectivity index (χ0) is 29.7. The minimum Gasteiger partial charge on any atom is -0.478 e. The van der Waals surface area contributed by atoms with Gasteiger partial charge >= 0.3 is 23.9 Å². The van der Waals surface area contributed by atoms with Gasteiger partial charge in [0, 0.05) is 5.57 Å². The molecule has 0 saturated heterocycles. The molecule has 0 aliphatic carbocycles. The standard InChI is InChI=1S/C30H16N4O8/c35-27(36)22-15-6-7-16(31-15)23(28(37)38)18-10-11-20(33-18)25(30(41)42)26-14(13-4-2-1-3-5-13)12-21(34-26)24(29(39)40)19-9-8-17(22)32-19/h1-12H,(H,35,36)(H,37,38)(H,39,40)(H,41,42). The summed E-state index contributed by atoms with van der Waals surface area (Å²) in [4.78, 5) is 67.0. The van der Waals surface area contributed by atoms with E-state index in [0.29, 0.717) is 5.56 Å². The van der Waals surface area contributed by atoms with E-state index in [0.717, 1.165) is 0 Å². The maximum atomic E-state index is 12.7. The molecule has 12 nitrogen and oxygen atoms in total. The van der Waals surface area contributed by atoms with Gasteiger partial charge in [0.1, 0.15) is 22.3 Å². The number of carboxylic acid groups (broad SMARTS) is 4. The van der Waals surface area contributed by atoms with E-state index in [4.69, 9.17) is 0 Å². The van der Waals surface area contributed by atoms with Crippen LogP contribution in [0.3, 0.4) is 0 Å². The number of carboxylic acids is 4. The molecule has 42 heavy (non-hydrogen) atoms. The third kappa shape index (κ3) is 4.19. The monoisotopic (exact) mass is 560 g/mol. The Bertz CT molecular complexity index is 1930. The highest BCUT2D eigenvalue weighted by Crippen LogP contribution is 2.35. The Morgan fingerprint density at radius 2 is 0.881 bits per heavy atom. The predicted molar refractivity (Wildman–Crippen MR) is 150 cm³/mol. The van der Waals surface area contributed by atoms with Crippen LogP contribution in [0, 0.1) is 0 Å². The van der Waals surface area contributed by atoms with Gasteiger partial charge in [0.05, 0.1) is 45.6 Å². The summed E-state index contributed by atoms with van der Waals surface area (Å²) in [7, 11) is 0. The van der Waals surface area contributed by atoms with E-state index in [1.165, 1.54) is 42.5 Å². The second-order valence-electron chi connectivity index (χ2n) is 9.14. The largest absolute Gasteiger partial charge is 0.478 e. The Labute approximate surface area is 235 Å². The van der Waals surface area contributed by atoms with Crippen LogP contribution in [0.25, 0.3) is 5.57 Å². The molecule has 204 valence electrons. The van der Waals surface area contributed by atoms with Crippen LogP contribution in [-0.2, 0) is 19.2 Å². The number of carbonyl (C=O) groups is 4. The Hall–Kier alpha value is -6.30. The molecule has 0 fully saturated rings. The molecule has 0 unspecified atom stereocenters. The molecule has 6 rings (SSSR count). The third-order valence-electron chi connectivity index (χ3n) is 6.66. The molecule has 0 saturated carbocycles. The average molecular weight is 560 g/mol. The fourth-order valence-corrected chi connectivity index (χ4v) is 4.88. The molecule has 5 heterocycles. The summed E-state index contributed by atoms with van der Waals surface area (Å²) in [5.74, 6) is -5.71. The van der Waals surface area contributed by atoms with Crippen LogP contribution in [0.1, 0.15) is 5.56 Å². The molecule has 0 amide bonds. The van der Waals surface area contributed by atoms with Gasteiger partial charge in [-0.3, -0.25) is 0 Å². The Balaban J connectivity index is 1.74. The first-order chi connectivity index (χ1) is 20.1. The number of hydrogen-bond donors (Lipinski definition) is 4. The Morgan fingerprint density at radius 1 is 0.476 bits per heavy atom. The SMILES string of the molecule is O=C(O)C1=C2C=CC(=N2)C(C(=O)O)=C2C=C(c3ccccc3)C(=N2)C(C(=O)O)=C2C=CC(=N2)C(C(=O)O)=C2C=CC1=N2. The minimum atomic E-state index is -1.43. The number of nitrogens with zero attached hydrogens (tertiary/aromatic N) is 4. The van der Waals surface area contributed by atoms with Gasteiger partial charge in [-0.15, -0.1) is 0 Å². The molecule has 0 spiro atoms. The molecule has 1 aromatic rings. The van der Waals surface area contributed by atoms with Gasteiger partial charge in [-0.05, 0) is 48.1 Å². The van der Waals surface area contributed by atoms with Crippen LogP contribution in [0.2, 0.25) is 0 Å². The van der Waals surface area contributed by atoms with Gasteiger partial charge in [-0.2, -0.15) is 0 Å². The van der Waals surface area contributed by atoms with Gasteiger partial charge in [-0.1, -0.05) is 30.3 Å². The summed E-state index contributed by atoms with van der Waals surface area (Å²) in [6, 6.07) is 8.57. The highest BCUT2D eigenvalue weighted by molar-refractivity contribution is 6.43. The van der Waals surface area contributed by atoms with Crippen molar-refractivity contribution in [1.29, 1.82) is 0 Å². The van der Waals surface area contributed by atoms with Crippen molar-refractivity contribution in [2.24, 2.45) is 20.0 Å². The summed E-state index contributed by atoms with van der Waals surface area (Å²) in [6.45, 7) is 0. The topological polar surface area (TPSA) is 199 Å². The maximum absolute atomic E-state index is 12.7. The zero-order valence-electron chi connectivity index (χ0n) is 21.1. The van der Waals surface area contributed by atoms with Crippen LogP contribution in [-0.4, -0.2) is 67.2 Å². The molecule has 5 aliphatic rings. The summed E-state index contributed by atoms with van der Waals surface area (Å²) >= 11 is 0. The van der Waals surface area contributed by atoms with Crippen LogP contribution in [0.15, 0.2) is 138 Å². The van der Waals surface area contributed by atoms with Crippen molar-refractivity contribution in [3.05, 3.63) is 124 Å². The normalized spacial score (nSPS) is 18.8. The second kappa shape index (κ2) is 9.71. The number of aliphatic carboxylic acids is 4. The number of aliphatic imine (C=N–C) groups is 4. The summed E-state index contributed by atoms with van der Waals surface area (Å²) in [6.07, 6.45) is 9.24. The fraction of sp³-hybridized carbons (Fsp3) is 0. The van der Waals surface area contributed by atoms with Gasteiger partial charge < -0.3 is 20.4 Å². The van der Waals surface area contributed by atoms with E-state index in [1.807, 2.05) is 0 Å². The number of hydrogen-bond acceptors (Lipinski definition) is 8. The molecule has 8 bridgehead atoms. The molecule has 0 radical (unpaired) electrons. The van der Waals surface area contributed by atoms with Crippen molar-refractivity contribution in [2.75, 3.05) is 0 Å². The molecule has 1 aromatic carbocycles. The predicted octanol–water partition coefficient (Wildman–Crippen LogP) is 2.93. The lowest BCUT2D eigenvalue weighted by Gasteiger charge is -2.09. The van der Waals surface area contributed by atoms with Crippen molar-refractivity contribution in [1.82, 2.24) is 0 Å². The molecule has 12 heteroatoms. The van der Waals surface area contributed by atoms with Crippen molar-refractivity contribution in [3.8, 4) is 0 Å². The smallest absolute Gasteiger partial charge is 0.340 e. The summed E-state index contributed by atoms with van der Waals surface area (Å²) in [5.41, 5.74) is -1.68. The average Bonchev–Trinajstić information content (AvgIpc) is 3.74. The van der Waals surface area contributed by atoms with E-state index in [2.05, 4.69) is 20.0 Å². The van der Waals surface area contributed by atoms with Gasteiger partial charge in [-0.25, -0.2) is 39.1 Å². The van der Waals surface area contributed by atoms with E-state index in [1.54, 1.807) is 30.3 Å². The minimum absolute atomic E-state index is 0.102. The molecule has 5 aliphatic heterocycles. The van der Waals surface area contributed by atoms with E-state index in [9.17, 15) is 39.6 Å². The van der Waals surface area contributed by atoms with Crippen molar-refractivity contribution >= 4 is 52.3 Å². The molecule has 0 atom stereocenters. The van der Waals surface area contributed by atoms with E-state index < -0.39 is 23.9 Å². The lowest BCUT2D eigenvalue weighted by Crippen LogP contribution is -2.15. The van der Waals surface area contributed by atoms with Crippen molar-refractivity contribution < 1.29 is 39.6 Å². The lowest BCUT2D eigenvalue weighted by molar-refractivity contribution is -0.133. The summed E-state index contributed by atoms with van der Waals surface area (Å²) in [5, 5.41) is 40.6. The maximum Gasteiger partial charge on any atom is 0.340 e. The first-order valence-corrected chi connectivity index (χ1v) is 12.2. The van der Waals surface area contributed by atoms with Gasteiger partial charge in [0.2, 0.25) is 0 Å². The molecule has 0 aromatic heterocycles. The van der Waals surface area contributed by atoms with Gasteiger partial charge in [0.25, 0.3) is 0 Å². The van der Waals surface area contributed by atoms with Crippen LogP contribution in [0.5, 0.6) is 0 Å². The first kappa shape index (κ1) is 26.0. The molecular formula is C30H16N4O8. The van der Waals surface area contributed by atoms with Crippen molar-refractivity contribution in [2.45, 2.75) is 0 Å². The first-order valence-electron chi connectivity index (χ1n) is 12.2. The van der Waals surface area contributed by atoms with Gasteiger partial charge in [0.15, 0.2) is 0 Å². The van der Waals surface area contributed by atoms with Crippen LogP contribution >= 0.6 is 0 Å². The van der Waals surface area contributed by atoms with Crippen molar-refractivity contribution in [3.63, 3.8) is 0 Å². The quantitative estimate of drug-likeness (QED) is 0.421. The molecule has 4 N–H and O–H groups in total. The zero-order valence-corrected chi connectivity index (χ0v) is 21.1. The highest BCUT2D eigenvalue weighted by atomic mass is 16.4. The van der Waals surface area contributed by atoms with E-state index in [-0.39, 0.29) is 73.5 Å². The Morgan fingerprint density at radius 3 is 1.31 bits per heavy atom. The summed E-state index contributed by atoms with van der Waals surface area (Å²) < 4.78 is 0. The van der Waals surface area contributed by atoms with Crippen LogP contribution < -0.4 is 0 Å². The lowest BCUT2D eigenvalue weighted by atomic mass is 9.95. The van der Waals surface area contributed by atoms with Crippen LogP contribution in [0.4, 0.5) is 0 Å². The third-order valence-corrected chi connectivity index (χ3v) is 6.66. The molecular weight excluding hydrogens is 544 g/mol. The number of rotatable bonds is 5. The second-order valence-corrected chi connectivity index (χ2v) is 9.14. The number of benzene rings is 1. The number of allylic oxidation sites excluding steroid dienone is 8. The number of fused-ring (bicyclic) bond motifs is 4. The highest BCUT2D eigenvalue weighted by Gasteiger charge is 2.34.